The summed E-state index contributed by atoms with van der Waals surface area (Å²) in [6.07, 6.45) is 8.31. The van der Waals surface area contributed by atoms with Gasteiger partial charge in [0.1, 0.15) is 0 Å². The molecule has 0 amide bonds. The summed E-state index contributed by atoms with van der Waals surface area (Å²) in [5.74, 6) is 2.82. The van der Waals surface area contributed by atoms with Crippen LogP contribution in [0.3, 0.4) is 0 Å². The molecule has 0 spiro atoms. The van der Waals surface area contributed by atoms with Crippen LogP contribution in [0.2, 0.25) is 0 Å². The second kappa shape index (κ2) is 3.10. The molecule has 3 fully saturated rings. The van der Waals surface area contributed by atoms with Gasteiger partial charge in [-0.2, -0.15) is 5.10 Å². The van der Waals surface area contributed by atoms with E-state index in [1.54, 1.807) is 0 Å². The van der Waals surface area contributed by atoms with Gasteiger partial charge in [-0.25, -0.2) is 0 Å². The highest BCUT2D eigenvalue weighted by Crippen LogP contribution is 2.61. The number of aromatic nitrogens is 2. The molecular weight excluding hydrogens is 184 g/mol. The zero-order chi connectivity index (χ0) is 10.5. The van der Waals surface area contributed by atoms with E-state index in [9.17, 15) is 0 Å². The van der Waals surface area contributed by atoms with Gasteiger partial charge in [-0.15, -0.1) is 0 Å². The van der Waals surface area contributed by atoms with E-state index >= 15 is 0 Å². The van der Waals surface area contributed by atoms with Gasteiger partial charge in [0, 0.05) is 18.9 Å². The Morgan fingerprint density at radius 3 is 2.87 bits per heavy atom. The molecule has 0 aliphatic heterocycles. The minimum absolute atomic E-state index is 0.607. The number of nitrogens with zero attached hydrogens (tertiary/aromatic N) is 2. The third-order valence-electron chi connectivity index (χ3n) is 4.98. The summed E-state index contributed by atoms with van der Waals surface area (Å²) in [5.41, 5.74) is 0.607. The largest absolute Gasteiger partial charge is 0.272 e. The summed E-state index contributed by atoms with van der Waals surface area (Å²) >= 11 is 0. The molecule has 1 aromatic rings. The van der Waals surface area contributed by atoms with Gasteiger partial charge < -0.3 is 0 Å². The molecule has 0 radical (unpaired) electrons. The first kappa shape index (κ1) is 9.44. The molecule has 3 saturated carbocycles. The van der Waals surface area contributed by atoms with Crippen LogP contribution in [-0.2, 0) is 6.54 Å². The van der Waals surface area contributed by atoms with Crippen LogP contribution in [0, 0.1) is 23.2 Å². The monoisotopic (exact) mass is 204 g/mol. The summed E-state index contributed by atoms with van der Waals surface area (Å²) < 4.78 is 2.11. The molecule has 0 unspecified atom stereocenters. The lowest BCUT2D eigenvalue weighted by Crippen LogP contribution is -2.53. The standard InChI is InChI=1S/C13H20N2/c1-13(2)11-5-4-10(12(13)8-11)9-15-7-3-6-14-15/h3,6-7,10-12H,4-5,8-9H2,1-2H3/t10-,11-,12+/m0/s1. The van der Waals surface area contributed by atoms with E-state index in [-0.39, 0.29) is 0 Å². The molecule has 1 aromatic heterocycles. The molecule has 82 valence electrons. The highest BCUT2D eigenvalue weighted by Gasteiger charge is 2.53. The Hall–Kier alpha value is -0.790. The predicted octanol–water partition coefficient (Wildman–Crippen LogP) is 2.96. The maximum Gasteiger partial charge on any atom is 0.0489 e. The first-order valence-corrected chi connectivity index (χ1v) is 6.15. The molecule has 2 bridgehead atoms. The van der Waals surface area contributed by atoms with E-state index < -0.39 is 0 Å². The summed E-state index contributed by atoms with van der Waals surface area (Å²) in [6.45, 7) is 6.05. The fourth-order valence-corrected chi connectivity index (χ4v) is 3.83. The van der Waals surface area contributed by atoms with Gasteiger partial charge in [0.25, 0.3) is 0 Å². The third-order valence-corrected chi connectivity index (χ3v) is 4.98. The Balaban J connectivity index is 1.72. The van der Waals surface area contributed by atoms with Gasteiger partial charge in [0.15, 0.2) is 0 Å². The van der Waals surface area contributed by atoms with Gasteiger partial charge >= 0.3 is 0 Å². The van der Waals surface area contributed by atoms with Crippen molar-refractivity contribution in [3.63, 3.8) is 0 Å². The van der Waals surface area contributed by atoms with E-state index in [0.29, 0.717) is 5.41 Å². The average molecular weight is 204 g/mol. The molecular formula is C13H20N2. The van der Waals surface area contributed by atoms with Crippen LogP contribution in [-0.4, -0.2) is 9.78 Å². The fraction of sp³-hybridized carbons (Fsp3) is 0.769. The van der Waals surface area contributed by atoms with Gasteiger partial charge in [-0.3, -0.25) is 4.68 Å². The molecule has 4 rings (SSSR count). The van der Waals surface area contributed by atoms with Crippen LogP contribution in [0.4, 0.5) is 0 Å². The van der Waals surface area contributed by atoms with Crippen molar-refractivity contribution in [2.45, 2.75) is 39.7 Å². The first-order chi connectivity index (χ1) is 7.18. The molecule has 0 N–H and O–H groups in total. The summed E-state index contributed by atoms with van der Waals surface area (Å²) in [7, 11) is 0. The van der Waals surface area contributed by atoms with Crippen LogP contribution >= 0.6 is 0 Å². The molecule has 3 aliphatic carbocycles. The van der Waals surface area contributed by atoms with Gasteiger partial charge in [-0.1, -0.05) is 13.8 Å². The molecule has 2 nitrogen and oxygen atoms in total. The zero-order valence-electron chi connectivity index (χ0n) is 9.69. The minimum atomic E-state index is 0.607. The quantitative estimate of drug-likeness (QED) is 0.724. The molecule has 15 heavy (non-hydrogen) atoms. The second-order valence-electron chi connectivity index (χ2n) is 5.93. The smallest absolute Gasteiger partial charge is 0.0489 e. The molecule has 2 heteroatoms. The van der Waals surface area contributed by atoms with Crippen LogP contribution in [0.1, 0.15) is 33.1 Å². The molecule has 1 heterocycles. The lowest BCUT2D eigenvalue weighted by atomic mass is 9.45. The first-order valence-electron chi connectivity index (χ1n) is 6.15. The maximum absolute atomic E-state index is 4.33. The number of rotatable bonds is 2. The van der Waals surface area contributed by atoms with Gasteiger partial charge in [0.2, 0.25) is 0 Å². The molecule has 3 aliphatic rings. The Morgan fingerprint density at radius 1 is 1.40 bits per heavy atom. The lowest BCUT2D eigenvalue weighted by molar-refractivity contribution is -0.109. The molecule has 0 saturated heterocycles. The number of fused-ring (bicyclic) bond motifs is 2. The SMILES string of the molecule is CC1(C)[C@H]2CC[C@@H](Cn3cccn3)[C@H]1C2. The van der Waals surface area contributed by atoms with Crippen LogP contribution in [0.5, 0.6) is 0 Å². The highest BCUT2D eigenvalue weighted by molar-refractivity contribution is 5.03. The molecule has 3 atom stereocenters. The topological polar surface area (TPSA) is 17.8 Å². The average Bonchev–Trinajstić information content (AvgIpc) is 2.70. The van der Waals surface area contributed by atoms with Crippen molar-refractivity contribution < 1.29 is 0 Å². The van der Waals surface area contributed by atoms with Crippen molar-refractivity contribution in [2.24, 2.45) is 23.2 Å². The van der Waals surface area contributed by atoms with Crippen molar-refractivity contribution in [3.8, 4) is 0 Å². The van der Waals surface area contributed by atoms with Crippen molar-refractivity contribution in [3.05, 3.63) is 18.5 Å². The van der Waals surface area contributed by atoms with E-state index in [0.717, 1.165) is 24.3 Å². The van der Waals surface area contributed by atoms with E-state index in [2.05, 4.69) is 29.8 Å². The summed E-state index contributed by atoms with van der Waals surface area (Å²) in [5, 5.41) is 4.33. The van der Waals surface area contributed by atoms with Gasteiger partial charge in [0.05, 0.1) is 0 Å². The van der Waals surface area contributed by atoms with Crippen LogP contribution in [0.25, 0.3) is 0 Å². The number of hydrogen-bond donors (Lipinski definition) is 0. The predicted molar refractivity (Wildman–Crippen MR) is 60.3 cm³/mol. The zero-order valence-corrected chi connectivity index (χ0v) is 9.69. The van der Waals surface area contributed by atoms with E-state index in [4.69, 9.17) is 0 Å². The maximum atomic E-state index is 4.33. The van der Waals surface area contributed by atoms with Crippen molar-refractivity contribution in [2.75, 3.05) is 0 Å². The Morgan fingerprint density at radius 2 is 2.27 bits per heavy atom. The van der Waals surface area contributed by atoms with E-state index in [1.165, 1.54) is 19.3 Å². The van der Waals surface area contributed by atoms with Crippen LogP contribution in [0.15, 0.2) is 18.5 Å². The fourth-order valence-electron chi connectivity index (χ4n) is 3.83. The van der Waals surface area contributed by atoms with Gasteiger partial charge in [-0.05, 0) is 48.5 Å². The minimum Gasteiger partial charge on any atom is -0.272 e. The Kier molecular flexibility index (Phi) is 1.95. The highest BCUT2D eigenvalue weighted by atomic mass is 15.3. The second-order valence-corrected chi connectivity index (χ2v) is 5.93. The normalized spacial score (nSPS) is 37.3. The summed E-state index contributed by atoms with van der Waals surface area (Å²) in [4.78, 5) is 0. The van der Waals surface area contributed by atoms with Crippen LogP contribution < -0.4 is 0 Å². The Bertz CT molecular complexity index is 337. The Labute approximate surface area is 91.7 Å². The lowest BCUT2D eigenvalue weighted by Gasteiger charge is -2.60. The van der Waals surface area contributed by atoms with Crippen molar-refractivity contribution in [1.82, 2.24) is 9.78 Å². The van der Waals surface area contributed by atoms with E-state index in [1.807, 2.05) is 12.3 Å². The number of hydrogen-bond acceptors (Lipinski definition) is 1. The van der Waals surface area contributed by atoms with Crippen molar-refractivity contribution in [1.29, 1.82) is 0 Å². The third kappa shape index (κ3) is 1.34. The van der Waals surface area contributed by atoms with Crippen molar-refractivity contribution >= 4 is 0 Å². The molecule has 0 aromatic carbocycles. The summed E-state index contributed by atoms with van der Waals surface area (Å²) in [6, 6.07) is 2.03.